The molecule has 1 aliphatic heterocycles. The van der Waals surface area contributed by atoms with Crippen molar-refractivity contribution in [2.24, 2.45) is 0 Å². The molecule has 0 aromatic heterocycles. The van der Waals surface area contributed by atoms with Gasteiger partial charge in [-0.05, 0) is 173 Å². The molecular weight excluding hydrogens is 1560 g/mol. The van der Waals surface area contributed by atoms with Crippen LogP contribution >= 0.6 is 66.8 Å². The van der Waals surface area contributed by atoms with Gasteiger partial charge in [0.15, 0.2) is 0 Å². The van der Waals surface area contributed by atoms with E-state index in [1.807, 2.05) is 36.4 Å². The number of hydrogen-bond acceptors (Lipinski definition) is 2. The molecule has 10 heteroatoms. The molecule has 0 saturated carbocycles. The number of allylic oxidation sites excluding steroid dienone is 9. The molecule has 0 bridgehead atoms. The summed E-state index contributed by atoms with van der Waals surface area (Å²) in [5.74, 6) is 0. The van der Waals surface area contributed by atoms with Crippen LogP contribution in [0.15, 0.2) is 360 Å². The second kappa shape index (κ2) is 36.6. The Balaban J connectivity index is 0.000000123. The van der Waals surface area contributed by atoms with E-state index >= 15 is 0 Å². The maximum absolute atomic E-state index is 6.09. The first-order valence-electron chi connectivity index (χ1n) is 34.4. The zero-order valence-corrected chi connectivity index (χ0v) is 65.9. The van der Waals surface area contributed by atoms with Gasteiger partial charge in [-0.3, -0.25) is 0 Å². The van der Waals surface area contributed by atoms with Crippen molar-refractivity contribution in [1.29, 1.82) is 0 Å². The maximum atomic E-state index is 6.09. The average Bonchev–Trinajstić information content (AvgIpc) is 1.66. The van der Waals surface area contributed by atoms with E-state index in [1.165, 1.54) is 115 Å². The number of hydrogen-bond donors (Lipinski definition) is 0. The summed E-state index contributed by atoms with van der Waals surface area (Å²) < 4.78 is 14.3. The van der Waals surface area contributed by atoms with Crippen LogP contribution < -0.4 is 31.8 Å². The predicted molar refractivity (Wildman–Crippen MR) is 451 cm³/mol. The predicted octanol–water partition coefficient (Wildman–Crippen LogP) is 23.6. The van der Waals surface area contributed by atoms with Crippen molar-refractivity contribution in [1.82, 2.24) is 0 Å². The first-order valence-corrected chi connectivity index (χ1v) is 42.7. The number of fused-ring (bicyclic) bond motifs is 3. The quantitative estimate of drug-likeness (QED) is 0.0730. The van der Waals surface area contributed by atoms with Gasteiger partial charge in [0.25, 0.3) is 0 Å². The van der Waals surface area contributed by atoms with Crippen molar-refractivity contribution in [2.45, 2.75) is 58.2 Å². The third kappa shape index (κ3) is 19.1. The number of halogens is 4. The fourth-order valence-electron chi connectivity index (χ4n) is 13.0. The van der Waals surface area contributed by atoms with Crippen molar-refractivity contribution in [2.75, 3.05) is 0 Å². The van der Waals surface area contributed by atoms with Crippen LogP contribution in [0, 0.1) is 6.08 Å². The molecule has 12 aromatic carbocycles. The molecule has 1 fully saturated rings. The molecular formula is C93H78BBr2Cl2O2P2Pd+. The number of rotatable bonds is 11. The molecule has 12 aromatic rings. The molecule has 5 aliphatic rings. The molecule has 17 rings (SSSR count). The Morgan fingerprint density at radius 1 is 0.359 bits per heavy atom. The van der Waals surface area contributed by atoms with Crippen LogP contribution in [0.5, 0.6) is 0 Å². The van der Waals surface area contributed by atoms with E-state index in [2.05, 4.69) is 393 Å². The summed E-state index contributed by atoms with van der Waals surface area (Å²) >= 11 is 6.95. The minimum absolute atomic E-state index is 0.106. The molecule has 0 atom stereocenters. The zero-order valence-electron chi connectivity index (χ0n) is 57.9. The summed E-state index contributed by atoms with van der Waals surface area (Å²) in [7, 11) is 8.53. The second-order valence-electron chi connectivity index (χ2n) is 26.0. The molecule has 4 aliphatic carbocycles. The SMILES string of the molecule is BrC1=C(c2ccccc2Br)C=C[C+]=C1.C1=C(c2ccccc2-c2ccccc2C2=Cc3ccccc3C2)Cc2ccccc21.CC1(C)OB(C2=Cc3ccccc3C2)OC1(C)C.[Cl][Pd][Cl].c1ccc(P(c2ccccc2)c2ccccc2)cc1.c1ccc(P(c2ccccc2)c2ccccc2)cc1. The minimum atomic E-state index is -0.446. The van der Waals surface area contributed by atoms with Crippen LogP contribution in [0.3, 0.4) is 0 Å². The van der Waals surface area contributed by atoms with Crippen LogP contribution in [0.2, 0.25) is 0 Å². The Labute approximate surface area is 645 Å². The van der Waals surface area contributed by atoms with Crippen molar-refractivity contribution in [3.05, 3.63) is 416 Å². The number of benzene rings is 12. The van der Waals surface area contributed by atoms with E-state index in [1.54, 1.807) is 0 Å². The Morgan fingerprint density at radius 3 is 0.981 bits per heavy atom. The Kier molecular flexibility index (Phi) is 26.6. The van der Waals surface area contributed by atoms with Gasteiger partial charge in [0.2, 0.25) is 0 Å². The smallest absolute Gasteiger partial charge is 0.0134 e. The van der Waals surface area contributed by atoms with Gasteiger partial charge in [0.05, 0.1) is 17.3 Å². The van der Waals surface area contributed by atoms with Gasteiger partial charge in [0, 0.05) is 32.0 Å². The summed E-state index contributed by atoms with van der Waals surface area (Å²) in [6.07, 6.45) is 18.8. The van der Waals surface area contributed by atoms with E-state index in [-0.39, 0.29) is 34.3 Å². The van der Waals surface area contributed by atoms with Crippen LogP contribution in [-0.2, 0) is 44.5 Å². The van der Waals surface area contributed by atoms with E-state index in [9.17, 15) is 0 Å². The van der Waals surface area contributed by atoms with Gasteiger partial charge in [0.1, 0.15) is 22.2 Å². The summed E-state index contributed by atoms with van der Waals surface area (Å²) in [6.45, 7) is 8.37. The van der Waals surface area contributed by atoms with E-state index in [4.69, 9.17) is 28.4 Å². The molecule has 1 heterocycles. The summed E-state index contributed by atoms with van der Waals surface area (Å²) in [6, 6.07) is 117. The topological polar surface area (TPSA) is 18.5 Å². The van der Waals surface area contributed by atoms with Crippen molar-refractivity contribution >= 4 is 141 Å². The molecule has 0 N–H and O–H groups in total. The Morgan fingerprint density at radius 2 is 0.650 bits per heavy atom. The minimum Gasteiger partial charge on any atom is -0.0622 e. The van der Waals surface area contributed by atoms with Gasteiger partial charge in [-0.1, -0.05) is 356 Å². The normalized spacial score (nSPS) is 14.4. The molecule has 0 radical (unpaired) electrons. The molecule has 512 valence electrons. The van der Waals surface area contributed by atoms with Gasteiger partial charge in [-0.15, -0.1) is 0 Å². The van der Waals surface area contributed by atoms with E-state index in [0.29, 0.717) is 0 Å². The Hall–Kier alpha value is -7.96. The van der Waals surface area contributed by atoms with Gasteiger partial charge in [-0.2, -0.15) is 0 Å². The van der Waals surface area contributed by atoms with Gasteiger partial charge < -0.3 is 9.31 Å². The monoisotopic (exact) mass is 1630 g/mol. The first kappa shape index (κ1) is 74.7. The van der Waals surface area contributed by atoms with E-state index < -0.39 is 15.8 Å². The summed E-state index contributed by atoms with van der Waals surface area (Å²) in [5.41, 5.74) is 19.4. The van der Waals surface area contributed by atoms with Crippen molar-refractivity contribution in [3.8, 4) is 11.1 Å². The molecule has 103 heavy (non-hydrogen) atoms. The molecule has 0 spiro atoms. The molecule has 1 saturated heterocycles. The van der Waals surface area contributed by atoms with Crippen molar-refractivity contribution in [3.63, 3.8) is 0 Å². The van der Waals surface area contributed by atoms with Gasteiger partial charge in [-0.25, -0.2) is 0 Å². The third-order valence-corrected chi connectivity index (χ3v) is 25.0. The van der Waals surface area contributed by atoms with Crippen LogP contribution in [0.25, 0.3) is 46.1 Å². The Bertz CT molecular complexity index is 4560. The van der Waals surface area contributed by atoms with Crippen LogP contribution in [0.1, 0.15) is 77.8 Å². The van der Waals surface area contributed by atoms with Crippen LogP contribution in [0.4, 0.5) is 0 Å². The average molecular weight is 1640 g/mol. The zero-order chi connectivity index (χ0) is 71.4. The molecule has 0 unspecified atom stereocenters. The fourth-order valence-corrected chi connectivity index (χ4v) is 18.6. The van der Waals surface area contributed by atoms with Gasteiger partial charge >= 0.3 is 42.1 Å². The largest absolute Gasteiger partial charge is 0.0622 e. The standard InChI is InChI=1S/C30H22.2C18H15P.C15H19BO2.C12H7Br2.2ClH.Pd/c1-2-10-22-18-25(17-21(22)9-1)27-13-5-7-15-29(27)30-16-8-6-14-28(30)26-19-23-11-3-4-12-24(23)20-26;2*1-4-10-16(11-5-1)19(17-12-6-2-7-13-17)18-14-8-3-9-15-18;1-14(2)15(3,4)18-16(17-14)13-9-11-7-5-6-8-12(11)10-13;13-11-7-3-1-5-9(11)10-6-2-4-8-12(10)14;;;/h1-17,19H,18,20H2;2*1-15H;5-9H,10H2,1-4H3;1-3,5-8H;2*1H;/q;;;;+1;;;+2/p-2. The molecule has 2 nitrogen and oxygen atoms in total. The fraction of sp³-hybridized carbons (Fsp3) is 0.0968. The summed E-state index contributed by atoms with van der Waals surface area (Å²) in [4.78, 5) is 0. The summed E-state index contributed by atoms with van der Waals surface area (Å²) in [5, 5.41) is 8.39. The van der Waals surface area contributed by atoms with Crippen molar-refractivity contribution < 1.29 is 25.2 Å². The van der Waals surface area contributed by atoms with Crippen LogP contribution in [-0.4, -0.2) is 18.3 Å². The third-order valence-electron chi connectivity index (χ3n) is 18.8. The molecule has 0 amide bonds. The maximum Gasteiger partial charge on any atom is -0.0134 e. The second-order valence-corrected chi connectivity index (χ2v) is 34.5. The first-order chi connectivity index (χ1) is 50.4. The van der Waals surface area contributed by atoms with E-state index in [0.717, 1.165) is 28.2 Å².